The first-order valence-electron chi connectivity index (χ1n) is 17.7. The van der Waals surface area contributed by atoms with Crippen LogP contribution in [-0.2, 0) is 14.4 Å². The Morgan fingerprint density at radius 1 is 1.02 bits per heavy atom. The number of hydrogen-bond acceptors (Lipinski definition) is 7. The summed E-state index contributed by atoms with van der Waals surface area (Å²) in [7, 11) is 0. The van der Waals surface area contributed by atoms with Crippen molar-refractivity contribution in [2.45, 2.75) is 94.9 Å². The molecule has 1 aliphatic carbocycles. The highest BCUT2D eigenvalue weighted by molar-refractivity contribution is 5.96. The van der Waals surface area contributed by atoms with Crippen molar-refractivity contribution >= 4 is 36.0 Å². The number of allylic oxidation sites excluding steroid dienone is 1. The van der Waals surface area contributed by atoms with Gasteiger partial charge in [-0.05, 0) is 62.8 Å². The lowest BCUT2D eigenvalue weighted by atomic mass is 10.0. The summed E-state index contributed by atoms with van der Waals surface area (Å²) >= 11 is 0. The molecule has 2 aliphatic heterocycles. The Hall–Kier alpha value is -5.33. The molecule has 13 nitrogen and oxygen atoms in total. The minimum atomic E-state index is -1.43. The summed E-state index contributed by atoms with van der Waals surface area (Å²) in [5.41, 5.74) is 0.745. The van der Waals surface area contributed by atoms with Crippen molar-refractivity contribution in [3.8, 4) is 11.4 Å². The second-order valence-electron chi connectivity index (χ2n) is 14.7. The van der Waals surface area contributed by atoms with Gasteiger partial charge in [-0.2, -0.15) is 4.80 Å². The zero-order valence-corrected chi connectivity index (χ0v) is 29.3. The molecule has 2 fully saturated rings. The number of benzene rings is 2. The molecule has 1 saturated carbocycles. The zero-order valence-electron chi connectivity index (χ0n) is 29.3. The smallest absolute Gasteiger partial charge is 0.330 e. The van der Waals surface area contributed by atoms with Gasteiger partial charge in [0.15, 0.2) is 0 Å². The van der Waals surface area contributed by atoms with Gasteiger partial charge >= 0.3 is 12.0 Å². The number of aliphatic carboxylic acids is 1. The van der Waals surface area contributed by atoms with Crippen molar-refractivity contribution in [2.75, 3.05) is 6.54 Å². The third kappa shape index (κ3) is 8.35. The van der Waals surface area contributed by atoms with Crippen LogP contribution in [0.5, 0.6) is 0 Å². The normalized spacial score (nSPS) is 26.3. The molecule has 4 amide bonds. The van der Waals surface area contributed by atoms with E-state index in [2.05, 4.69) is 26.3 Å². The third-order valence-corrected chi connectivity index (χ3v) is 9.64. The van der Waals surface area contributed by atoms with E-state index in [1.807, 2.05) is 99.7 Å². The van der Waals surface area contributed by atoms with Crippen molar-refractivity contribution in [3.05, 3.63) is 77.9 Å². The van der Waals surface area contributed by atoms with Gasteiger partial charge in [0.05, 0.1) is 6.04 Å². The minimum Gasteiger partial charge on any atom is -0.479 e. The maximum absolute atomic E-state index is 14.4. The van der Waals surface area contributed by atoms with Crippen LogP contribution in [0.4, 0.5) is 4.79 Å². The van der Waals surface area contributed by atoms with Gasteiger partial charge < -0.3 is 26.0 Å². The summed E-state index contributed by atoms with van der Waals surface area (Å²) in [5, 5.41) is 32.1. The molecule has 268 valence electrons. The molecule has 3 aromatic rings. The molecule has 3 aliphatic rings. The topological polar surface area (TPSA) is 171 Å². The third-order valence-electron chi connectivity index (χ3n) is 9.64. The van der Waals surface area contributed by atoms with E-state index in [1.165, 1.54) is 9.70 Å². The van der Waals surface area contributed by atoms with Gasteiger partial charge in [-0.25, -0.2) is 9.59 Å². The molecule has 5 atom stereocenters. The number of amides is 4. The molecular weight excluding hydrogens is 648 g/mol. The predicted octanol–water partition coefficient (Wildman–Crippen LogP) is 4.60. The highest BCUT2D eigenvalue weighted by Gasteiger charge is 2.61. The molecule has 13 heteroatoms. The molecule has 4 N–H and O–H groups in total. The second kappa shape index (κ2) is 14.9. The number of nitrogens with zero attached hydrogens (tertiary/aromatic N) is 5. The van der Waals surface area contributed by atoms with E-state index in [4.69, 9.17) is 5.10 Å². The number of fused-ring (bicyclic) bond motifs is 2. The van der Waals surface area contributed by atoms with Gasteiger partial charge in [-0.1, -0.05) is 91.7 Å². The minimum absolute atomic E-state index is 0.0742. The summed E-state index contributed by atoms with van der Waals surface area (Å²) in [4.78, 5) is 56.7. The molecule has 1 aromatic heterocycles. The van der Waals surface area contributed by atoms with Crippen LogP contribution in [0.15, 0.2) is 66.7 Å². The molecule has 2 aromatic carbocycles. The Kier molecular flexibility index (Phi) is 10.4. The predicted molar refractivity (Wildman–Crippen MR) is 192 cm³/mol. The Balaban J connectivity index is 1.29. The molecule has 0 bridgehead atoms. The summed E-state index contributed by atoms with van der Waals surface area (Å²) in [6.07, 6.45) is 11.8. The summed E-state index contributed by atoms with van der Waals surface area (Å²) < 4.78 is 0. The SMILES string of the molecule is CC(C)(C)NC(=O)N[C@@H]1CCCCC/C=C\[C@@H]2C[C@]2(C(=O)O)NC(=O)[C@@H]2C[C@H](n3nnc(-c4ccccc4/C=C/c4ccccc4)n3)CN2C1=O. The largest absolute Gasteiger partial charge is 0.479 e. The average molecular weight is 695 g/mol. The van der Waals surface area contributed by atoms with Crippen molar-refractivity contribution in [1.82, 2.24) is 41.1 Å². The molecule has 51 heavy (non-hydrogen) atoms. The van der Waals surface area contributed by atoms with Crippen LogP contribution >= 0.6 is 0 Å². The van der Waals surface area contributed by atoms with Crippen LogP contribution in [-0.4, -0.2) is 83.7 Å². The van der Waals surface area contributed by atoms with E-state index in [-0.39, 0.29) is 25.3 Å². The fourth-order valence-electron chi connectivity index (χ4n) is 6.86. The van der Waals surface area contributed by atoms with Crippen LogP contribution in [0.3, 0.4) is 0 Å². The molecule has 1 saturated heterocycles. The summed E-state index contributed by atoms with van der Waals surface area (Å²) in [6, 6.07) is 14.7. The molecule has 0 spiro atoms. The first kappa shape index (κ1) is 35.5. The maximum atomic E-state index is 14.4. The van der Waals surface area contributed by atoms with Gasteiger partial charge in [0.25, 0.3) is 0 Å². The van der Waals surface area contributed by atoms with Crippen LogP contribution in [0.25, 0.3) is 23.5 Å². The quantitative estimate of drug-likeness (QED) is 0.214. The second-order valence-corrected chi connectivity index (χ2v) is 14.7. The molecule has 3 heterocycles. The van der Waals surface area contributed by atoms with Gasteiger partial charge in [0.1, 0.15) is 17.6 Å². The van der Waals surface area contributed by atoms with Crippen molar-refractivity contribution in [2.24, 2.45) is 5.92 Å². The fourth-order valence-corrected chi connectivity index (χ4v) is 6.86. The number of nitrogens with one attached hydrogen (secondary N) is 3. The number of rotatable bonds is 6. The lowest BCUT2D eigenvalue weighted by Gasteiger charge is -2.30. The average Bonchev–Trinajstić information content (AvgIpc) is 3.39. The summed E-state index contributed by atoms with van der Waals surface area (Å²) in [6.45, 7) is 5.63. The molecule has 6 rings (SSSR count). The molecule has 0 unspecified atom stereocenters. The Morgan fingerprint density at radius 2 is 1.78 bits per heavy atom. The van der Waals surface area contributed by atoms with Crippen LogP contribution in [0, 0.1) is 5.92 Å². The number of carboxylic acids is 1. The van der Waals surface area contributed by atoms with Gasteiger partial charge in [0.2, 0.25) is 17.6 Å². The van der Waals surface area contributed by atoms with Crippen molar-refractivity contribution in [1.29, 1.82) is 0 Å². The number of carbonyl (C=O) groups excluding carboxylic acids is 3. The van der Waals surface area contributed by atoms with Gasteiger partial charge in [0, 0.05) is 30.0 Å². The van der Waals surface area contributed by atoms with E-state index >= 15 is 0 Å². The number of hydrogen-bond donors (Lipinski definition) is 4. The van der Waals surface area contributed by atoms with E-state index in [9.17, 15) is 24.3 Å². The highest BCUT2D eigenvalue weighted by atomic mass is 16.4. The van der Waals surface area contributed by atoms with Gasteiger partial charge in [-0.15, -0.1) is 10.2 Å². The Labute approximate surface area is 297 Å². The standard InChI is InChI=1S/C38H46N8O5/c1-37(2,3)41-36(51)39-30-19-11-6-4-5-10-17-27-23-38(27,35(49)50)40-33(47)31-22-28(24-45(31)34(30)48)46-43-32(42-44-46)29-18-13-12-16-26(29)21-20-25-14-8-7-9-15-25/h7-10,12-18,20-21,27-28,30-31H,4-6,11,19,22-24H2,1-3H3,(H,40,47)(H,49,50)(H2,39,41,51)/b17-10-,21-20+/t27-,28+,30-,31+,38+/m1/s1. The van der Waals surface area contributed by atoms with E-state index in [0.29, 0.717) is 18.7 Å². The fraction of sp³-hybridized carbons (Fsp3) is 0.447. The van der Waals surface area contributed by atoms with Crippen LogP contribution in [0.1, 0.15) is 82.9 Å². The van der Waals surface area contributed by atoms with Crippen LogP contribution < -0.4 is 16.0 Å². The maximum Gasteiger partial charge on any atom is 0.330 e. The monoisotopic (exact) mass is 694 g/mol. The summed E-state index contributed by atoms with van der Waals surface area (Å²) in [5.74, 6) is -2.03. The lowest BCUT2D eigenvalue weighted by Crippen LogP contribution is -2.58. The van der Waals surface area contributed by atoms with E-state index in [1.54, 1.807) is 0 Å². The first-order chi connectivity index (χ1) is 24.4. The van der Waals surface area contributed by atoms with Gasteiger partial charge in [-0.3, -0.25) is 9.59 Å². The van der Waals surface area contributed by atoms with Crippen LogP contribution in [0.2, 0.25) is 0 Å². The number of urea groups is 1. The zero-order chi connectivity index (χ0) is 36.2. The van der Waals surface area contributed by atoms with Crippen molar-refractivity contribution < 1.29 is 24.3 Å². The first-order valence-corrected chi connectivity index (χ1v) is 17.7. The van der Waals surface area contributed by atoms with E-state index < -0.39 is 53.0 Å². The Bertz CT molecular complexity index is 1820. The molecule has 0 radical (unpaired) electrons. The lowest BCUT2D eigenvalue weighted by molar-refractivity contribution is -0.145. The number of aromatic nitrogens is 4. The Morgan fingerprint density at radius 3 is 2.55 bits per heavy atom. The number of carbonyl (C=O) groups is 4. The molecular formula is C38H46N8O5. The number of tetrazole rings is 1. The van der Waals surface area contributed by atoms with E-state index in [0.717, 1.165) is 36.0 Å². The highest BCUT2D eigenvalue weighted by Crippen LogP contribution is 2.45. The van der Waals surface area contributed by atoms with Crippen molar-refractivity contribution in [3.63, 3.8) is 0 Å². The number of carboxylic acid groups (broad SMARTS) is 1.